The fourth-order valence-electron chi connectivity index (χ4n) is 3.38. The van der Waals surface area contributed by atoms with E-state index in [2.05, 4.69) is 50.3 Å². The Morgan fingerprint density at radius 3 is 2.81 bits per heavy atom. The van der Waals surface area contributed by atoms with Crippen LogP contribution in [-0.2, 0) is 0 Å². The van der Waals surface area contributed by atoms with Crippen LogP contribution in [0.4, 0.5) is 0 Å². The normalized spacial score (nSPS) is 11.3. The molecule has 0 saturated carbocycles. The second-order valence-electron chi connectivity index (χ2n) is 6.16. The summed E-state index contributed by atoms with van der Waals surface area (Å²) in [7, 11) is 1.64. The minimum atomic E-state index is 0.604. The molecule has 1 aromatic carbocycles. The van der Waals surface area contributed by atoms with Crippen molar-refractivity contribution in [1.29, 1.82) is 0 Å². The van der Waals surface area contributed by atoms with Gasteiger partial charge in [0.05, 0.1) is 7.11 Å². The van der Waals surface area contributed by atoms with Crippen molar-refractivity contribution in [3.63, 3.8) is 0 Å². The van der Waals surface area contributed by atoms with Crippen molar-refractivity contribution in [2.45, 2.75) is 0 Å². The summed E-state index contributed by atoms with van der Waals surface area (Å²) in [6.07, 6.45) is 7.54. The number of methoxy groups -OCH3 is 1. The molecule has 4 aromatic heterocycles. The summed E-state index contributed by atoms with van der Waals surface area (Å²) >= 11 is 0. The first-order chi connectivity index (χ1) is 12.8. The Labute approximate surface area is 149 Å². The predicted molar refractivity (Wildman–Crippen MR) is 103 cm³/mol. The Kier molecular flexibility index (Phi) is 3.25. The van der Waals surface area contributed by atoms with Crippen LogP contribution in [0.3, 0.4) is 0 Å². The second kappa shape index (κ2) is 5.74. The van der Waals surface area contributed by atoms with E-state index in [1.54, 1.807) is 13.3 Å². The van der Waals surface area contributed by atoms with Crippen LogP contribution < -0.4 is 4.74 Å². The van der Waals surface area contributed by atoms with Gasteiger partial charge in [0.15, 0.2) is 0 Å². The van der Waals surface area contributed by atoms with E-state index in [0.717, 1.165) is 38.8 Å². The third-order valence-corrected chi connectivity index (χ3v) is 4.67. The zero-order valence-corrected chi connectivity index (χ0v) is 14.2. The Morgan fingerprint density at radius 1 is 0.923 bits per heavy atom. The highest BCUT2D eigenvalue weighted by molar-refractivity contribution is 5.97. The summed E-state index contributed by atoms with van der Waals surface area (Å²) in [6.45, 7) is 0. The number of hydrogen-bond donors (Lipinski definition) is 2. The number of fused-ring (bicyclic) bond motifs is 2. The standard InChI is InChI=1S/C21H16N4O/c1-26-21-16(3-2-7-23-21)18-12-25-20-17(18)10-15(11-24-20)13-4-5-19-14(9-13)6-8-22-19/h2-12,22H,1H3,(H,24,25). The van der Waals surface area contributed by atoms with Crippen molar-refractivity contribution < 1.29 is 4.74 Å². The third-order valence-electron chi connectivity index (χ3n) is 4.67. The molecule has 0 aliphatic rings. The lowest BCUT2D eigenvalue weighted by molar-refractivity contribution is 0.400. The van der Waals surface area contributed by atoms with Crippen molar-refractivity contribution in [2.75, 3.05) is 7.11 Å². The van der Waals surface area contributed by atoms with Gasteiger partial charge < -0.3 is 14.7 Å². The van der Waals surface area contributed by atoms with E-state index >= 15 is 0 Å². The first kappa shape index (κ1) is 14.7. The molecule has 0 atom stereocenters. The number of hydrogen-bond acceptors (Lipinski definition) is 3. The van der Waals surface area contributed by atoms with Gasteiger partial charge in [-0.2, -0.15) is 0 Å². The lowest BCUT2D eigenvalue weighted by Crippen LogP contribution is -1.90. The van der Waals surface area contributed by atoms with Gasteiger partial charge in [0.2, 0.25) is 5.88 Å². The van der Waals surface area contributed by atoms with Gasteiger partial charge in [-0.25, -0.2) is 9.97 Å². The molecule has 2 N–H and O–H groups in total. The Hall–Kier alpha value is -3.60. The number of nitrogens with zero attached hydrogens (tertiary/aromatic N) is 2. The maximum Gasteiger partial charge on any atom is 0.221 e. The molecule has 5 rings (SSSR count). The zero-order chi connectivity index (χ0) is 17.5. The number of pyridine rings is 2. The van der Waals surface area contributed by atoms with Crippen LogP contribution in [0, 0.1) is 0 Å². The molecule has 0 aliphatic carbocycles. The van der Waals surface area contributed by atoms with E-state index in [1.807, 2.05) is 30.7 Å². The van der Waals surface area contributed by atoms with Gasteiger partial charge >= 0.3 is 0 Å². The molecule has 0 bridgehead atoms. The summed E-state index contributed by atoms with van der Waals surface area (Å²) < 4.78 is 5.42. The summed E-state index contributed by atoms with van der Waals surface area (Å²) in [6, 6.07) is 14.5. The Morgan fingerprint density at radius 2 is 1.88 bits per heavy atom. The van der Waals surface area contributed by atoms with Crippen molar-refractivity contribution in [3.05, 3.63) is 67.3 Å². The number of nitrogens with one attached hydrogen (secondary N) is 2. The van der Waals surface area contributed by atoms with E-state index in [-0.39, 0.29) is 0 Å². The summed E-state index contributed by atoms with van der Waals surface area (Å²) in [4.78, 5) is 15.4. The Balaban J connectivity index is 1.69. The Bertz CT molecular complexity index is 1240. The second-order valence-corrected chi connectivity index (χ2v) is 6.16. The van der Waals surface area contributed by atoms with Crippen LogP contribution >= 0.6 is 0 Å². The summed E-state index contributed by atoms with van der Waals surface area (Å²) in [5, 5.41) is 2.23. The van der Waals surface area contributed by atoms with Crippen LogP contribution in [0.25, 0.3) is 44.2 Å². The molecule has 0 fully saturated rings. The van der Waals surface area contributed by atoms with Gasteiger partial charge in [-0.05, 0) is 47.3 Å². The van der Waals surface area contributed by atoms with Gasteiger partial charge in [-0.1, -0.05) is 6.07 Å². The quantitative estimate of drug-likeness (QED) is 0.496. The van der Waals surface area contributed by atoms with E-state index in [4.69, 9.17) is 4.74 Å². The van der Waals surface area contributed by atoms with Crippen LogP contribution in [0.1, 0.15) is 0 Å². The van der Waals surface area contributed by atoms with Gasteiger partial charge in [-0.3, -0.25) is 0 Å². The minimum absolute atomic E-state index is 0.604. The van der Waals surface area contributed by atoms with E-state index in [9.17, 15) is 0 Å². The first-order valence-corrected chi connectivity index (χ1v) is 8.37. The SMILES string of the molecule is COc1ncccc1-c1c[nH]c2ncc(-c3ccc4[nH]ccc4c3)cc12. The molecule has 0 aliphatic heterocycles. The summed E-state index contributed by atoms with van der Waals surface area (Å²) in [5.74, 6) is 0.604. The van der Waals surface area contributed by atoms with Gasteiger partial charge in [0.1, 0.15) is 5.65 Å². The maximum absolute atomic E-state index is 5.42. The number of aromatic amines is 2. The van der Waals surface area contributed by atoms with Crippen molar-refractivity contribution in [2.24, 2.45) is 0 Å². The van der Waals surface area contributed by atoms with Gasteiger partial charge in [0, 0.05) is 52.4 Å². The number of H-pyrrole nitrogens is 2. The number of ether oxygens (including phenoxy) is 1. The van der Waals surface area contributed by atoms with Crippen LogP contribution in [0.15, 0.2) is 67.3 Å². The molecule has 0 spiro atoms. The maximum atomic E-state index is 5.42. The van der Waals surface area contributed by atoms with Crippen molar-refractivity contribution >= 4 is 21.9 Å². The smallest absolute Gasteiger partial charge is 0.221 e. The fourth-order valence-corrected chi connectivity index (χ4v) is 3.38. The van der Waals surface area contributed by atoms with E-state index < -0.39 is 0 Å². The van der Waals surface area contributed by atoms with Crippen LogP contribution in [0.2, 0.25) is 0 Å². The molecular weight excluding hydrogens is 324 g/mol. The number of aromatic nitrogens is 4. The highest BCUT2D eigenvalue weighted by Gasteiger charge is 2.13. The van der Waals surface area contributed by atoms with E-state index in [0.29, 0.717) is 5.88 Å². The number of rotatable bonds is 3. The van der Waals surface area contributed by atoms with Gasteiger partial charge in [0.25, 0.3) is 0 Å². The molecule has 5 nitrogen and oxygen atoms in total. The average molecular weight is 340 g/mol. The fraction of sp³-hybridized carbons (Fsp3) is 0.0476. The molecular formula is C21H16N4O. The minimum Gasteiger partial charge on any atom is -0.481 e. The van der Waals surface area contributed by atoms with E-state index in [1.165, 1.54) is 5.39 Å². The first-order valence-electron chi connectivity index (χ1n) is 8.37. The number of benzene rings is 1. The van der Waals surface area contributed by atoms with Crippen molar-refractivity contribution in [3.8, 4) is 28.1 Å². The molecule has 0 saturated heterocycles. The molecule has 0 amide bonds. The molecule has 126 valence electrons. The zero-order valence-electron chi connectivity index (χ0n) is 14.2. The predicted octanol–water partition coefficient (Wildman–Crippen LogP) is 4.78. The molecule has 4 heterocycles. The molecule has 5 aromatic rings. The van der Waals surface area contributed by atoms with Crippen LogP contribution in [-0.4, -0.2) is 27.0 Å². The molecule has 5 heteroatoms. The lowest BCUT2D eigenvalue weighted by Gasteiger charge is -2.07. The molecule has 0 unspecified atom stereocenters. The largest absolute Gasteiger partial charge is 0.481 e. The van der Waals surface area contributed by atoms with Gasteiger partial charge in [-0.15, -0.1) is 0 Å². The third kappa shape index (κ3) is 2.25. The lowest BCUT2D eigenvalue weighted by atomic mass is 10.0. The molecule has 26 heavy (non-hydrogen) atoms. The average Bonchev–Trinajstić information content (AvgIpc) is 3.33. The monoisotopic (exact) mass is 340 g/mol. The summed E-state index contributed by atoms with van der Waals surface area (Å²) in [5.41, 5.74) is 6.16. The highest BCUT2D eigenvalue weighted by Crippen LogP contribution is 2.35. The highest BCUT2D eigenvalue weighted by atomic mass is 16.5. The van der Waals surface area contributed by atoms with Crippen LogP contribution in [0.5, 0.6) is 5.88 Å². The van der Waals surface area contributed by atoms with Crippen molar-refractivity contribution in [1.82, 2.24) is 19.9 Å². The topological polar surface area (TPSA) is 66.6 Å². The molecule has 0 radical (unpaired) electrons.